The van der Waals surface area contributed by atoms with Gasteiger partial charge in [0.2, 0.25) is 5.95 Å². The van der Waals surface area contributed by atoms with Crippen molar-refractivity contribution < 1.29 is 4.79 Å². The number of carbonyl (C=O) groups is 1. The number of rotatable bonds is 2. The average molecular weight is 415 g/mol. The molecule has 0 saturated carbocycles. The Morgan fingerprint density at radius 1 is 1.12 bits per heavy atom. The van der Waals surface area contributed by atoms with Crippen molar-refractivity contribution >= 4 is 33.4 Å². The van der Waals surface area contributed by atoms with Gasteiger partial charge in [0.1, 0.15) is 11.3 Å². The van der Waals surface area contributed by atoms with E-state index in [0.717, 1.165) is 21.4 Å². The van der Waals surface area contributed by atoms with Crippen molar-refractivity contribution in [3.05, 3.63) is 52.1 Å². The molecular formula is C18H19BrN6O. The smallest absolute Gasteiger partial charge is 0.272 e. The van der Waals surface area contributed by atoms with Gasteiger partial charge < -0.3 is 9.80 Å². The number of halogens is 1. The lowest BCUT2D eigenvalue weighted by molar-refractivity contribution is 0.0738. The Morgan fingerprint density at radius 3 is 2.50 bits per heavy atom. The molecule has 0 N–H and O–H groups in total. The number of amides is 1. The standard InChI is InChI=1S/C18H19BrN6O/c1-12-10-14(19)11-25-15(13(2)22-16(12)25)17(26)23-6-8-24(9-7-23)18-20-4-3-5-21-18/h3-5,10-11H,6-9H2,1-2H3. The molecule has 4 heterocycles. The monoisotopic (exact) mass is 414 g/mol. The van der Waals surface area contributed by atoms with Crippen LogP contribution in [0.1, 0.15) is 21.7 Å². The van der Waals surface area contributed by atoms with E-state index in [1.54, 1.807) is 18.5 Å². The molecule has 0 aliphatic carbocycles. The van der Waals surface area contributed by atoms with Crippen LogP contribution in [0.4, 0.5) is 5.95 Å². The molecule has 0 aromatic carbocycles. The molecule has 134 valence electrons. The molecule has 1 aliphatic heterocycles. The predicted molar refractivity (Wildman–Crippen MR) is 103 cm³/mol. The van der Waals surface area contributed by atoms with E-state index in [9.17, 15) is 4.79 Å². The van der Waals surface area contributed by atoms with Crippen LogP contribution in [0.25, 0.3) is 5.65 Å². The van der Waals surface area contributed by atoms with Gasteiger partial charge in [0.05, 0.1) is 5.69 Å². The fraction of sp³-hybridized carbons (Fsp3) is 0.333. The molecule has 3 aromatic heterocycles. The van der Waals surface area contributed by atoms with Crippen molar-refractivity contribution in [2.24, 2.45) is 0 Å². The zero-order valence-electron chi connectivity index (χ0n) is 14.7. The van der Waals surface area contributed by atoms with Gasteiger partial charge in [-0.3, -0.25) is 9.20 Å². The molecule has 0 radical (unpaired) electrons. The second kappa shape index (κ2) is 6.68. The molecule has 1 saturated heterocycles. The van der Waals surface area contributed by atoms with E-state index >= 15 is 0 Å². The number of imidazole rings is 1. The first kappa shape index (κ1) is 17.0. The van der Waals surface area contributed by atoms with E-state index in [-0.39, 0.29) is 5.91 Å². The summed E-state index contributed by atoms with van der Waals surface area (Å²) in [5.41, 5.74) is 3.25. The summed E-state index contributed by atoms with van der Waals surface area (Å²) in [6, 6.07) is 3.81. The van der Waals surface area contributed by atoms with E-state index in [4.69, 9.17) is 0 Å². The highest BCUT2D eigenvalue weighted by atomic mass is 79.9. The van der Waals surface area contributed by atoms with Crippen LogP contribution < -0.4 is 4.90 Å². The summed E-state index contributed by atoms with van der Waals surface area (Å²) in [4.78, 5) is 30.3. The largest absolute Gasteiger partial charge is 0.337 e. The molecule has 0 atom stereocenters. The zero-order valence-corrected chi connectivity index (χ0v) is 16.3. The highest BCUT2D eigenvalue weighted by Gasteiger charge is 2.27. The van der Waals surface area contributed by atoms with E-state index in [0.29, 0.717) is 37.8 Å². The average Bonchev–Trinajstić information content (AvgIpc) is 2.98. The second-order valence-electron chi connectivity index (χ2n) is 6.41. The van der Waals surface area contributed by atoms with Crippen LogP contribution in [0, 0.1) is 13.8 Å². The number of pyridine rings is 1. The summed E-state index contributed by atoms with van der Waals surface area (Å²) in [6.07, 6.45) is 5.38. The minimum absolute atomic E-state index is 0.0149. The van der Waals surface area contributed by atoms with Gasteiger partial charge in [-0.15, -0.1) is 0 Å². The van der Waals surface area contributed by atoms with E-state index in [1.165, 1.54) is 0 Å². The maximum absolute atomic E-state index is 13.2. The Morgan fingerprint density at radius 2 is 1.81 bits per heavy atom. The van der Waals surface area contributed by atoms with Crippen molar-refractivity contribution in [2.45, 2.75) is 13.8 Å². The lowest BCUT2D eigenvalue weighted by Gasteiger charge is -2.34. The Balaban J connectivity index is 1.58. The SMILES string of the molecule is Cc1nc2c(C)cc(Br)cn2c1C(=O)N1CCN(c2ncccn2)CC1. The highest BCUT2D eigenvalue weighted by molar-refractivity contribution is 9.10. The summed E-state index contributed by atoms with van der Waals surface area (Å²) >= 11 is 3.51. The fourth-order valence-electron chi connectivity index (χ4n) is 3.35. The number of aryl methyl sites for hydroxylation is 2. The highest BCUT2D eigenvalue weighted by Crippen LogP contribution is 2.22. The summed E-state index contributed by atoms with van der Waals surface area (Å²) in [5, 5.41) is 0. The number of nitrogens with zero attached hydrogens (tertiary/aromatic N) is 6. The maximum Gasteiger partial charge on any atom is 0.272 e. The molecular weight excluding hydrogens is 396 g/mol. The van der Waals surface area contributed by atoms with Gasteiger partial charge in [0.15, 0.2) is 0 Å². The van der Waals surface area contributed by atoms with Crippen molar-refractivity contribution in [2.75, 3.05) is 31.1 Å². The molecule has 0 unspecified atom stereocenters. The number of carbonyl (C=O) groups excluding carboxylic acids is 1. The second-order valence-corrected chi connectivity index (χ2v) is 7.32. The van der Waals surface area contributed by atoms with Gasteiger partial charge in [0.25, 0.3) is 5.91 Å². The van der Waals surface area contributed by atoms with Crippen LogP contribution in [0.2, 0.25) is 0 Å². The maximum atomic E-state index is 13.2. The van der Waals surface area contributed by atoms with Gasteiger partial charge in [-0.1, -0.05) is 0 Å². The Labute approximate surface area is 159 Å². The lowest BCUT2D eigenvalue weighted by Crippen LogP contribution is -2.49. The number of fused-ring (bicyclic) bond motifs is 1. The summed E-state index contributed by atoms with van der Waals surface area (Å²) in [6.45, 7) is 6.59. The fourth-order valence-corrected chi connectivity index (χ4v) is 3.90. The van der Waals surface area contributed by atoms with E-state index < -0.39 is 0 Å². The third-order valence-electron chi connectivity index (χ3n) is 4.65. The first-order chi connectivity index (χ1) is 12.5. The number of hydrogen-bond acceptors (Lipinski definition) is 5. The first-order valence-corrected chi connectivity index (χ1v) is 9.30. The Hall–Kier alpha value is -2.48. The third kappa shape index (κ3) is 2.94. The summed E-state index contributed by atoms with van der Waals surface area (Å²) < 4.78 is 2.82. The molecule has 8 heteroatoms. The lowest BCUT2D eigenvalue weighted by atomic mass is 10.2. The minimum atomic E-state index is 0.0149. The van der Waals surface area contributed by atoms with Crippen molar-refractivity contribution in [3.63, 3.8) is 0 Å². The molecule has 7 nitrogen and oxygen atoms in total. The zero-order chi connectivity index (χ0) is 18.3. The molecule has 0 spiro atoms. The third-order valence-corrected chi connectivity index (χ3v) is 5.08. The van der Waals surface area contributed by atoms with Gasteiger partial charge in [0, 0.05) is 49.2 Å². The van der Waals surface area contributed by atoms with Crippen LogP contribution in [0.3, 0.4) is 0 Å². The van der Waals surface area contributed by atoms with Gasteiger partial charge in [-0.2, -0.15) is 0 Å². The first-order valence-electron chi connectivity index (χ1n) is 8.50. The van der Waals surface area contributed by atoms with Crippen LogP contribution in [-0.4, -0.2) is 56.3 Å². The molecule has 0 bridgehead atoms. The Bertz CT molecular complexity index is 963. The molecule has 1 amide bonds. The topological polar surface area (TPSA) is 66.6 Å². The molecule has 26 heavy (non-hydrogen) atoms. The quantitative estimate of drug-likeness (QED) is 0.644. The van der Waals surface area contributed by atoms with Crippen LogP contribution in [-0.2, 0) is 0 Å². The molecule has 1 aliphatic rings. The van der Waals surface area contributed by atoms with Gasteiger partial charge in [-0.05, 0) is 47.5 Å². The number of anilines is 1. The molecule has 1 fully saturated rings. The molecule has 4 rings (SSSR count). The van der Waals surface area contributed by atoms with E-state index in [1.807, 2.05) is 35.4 Å². The number of aromatic nitrogens is 4. The summed E-state index contributed by atoms with van der Waals surface area (Å²) in [7, 11) is 0. The van der Waals surface area contributed by atoms with Crippen LogP contribution in [0.15, 0.2) is 35.2 Å². The van der Waals surface area contributed by atoms with Crippen molar-refractivity contribution in [3.8, 4) is 0 Å². The predicted octanol–water partition coefficient (Wildman–Crippen LogP) is 2.47. The van der Waals surface area contributed by atoms with Crippen molar-refractivity contribution in [1.82, 2.24) is 24.3 Å². The Kier molecular flexibility index (Phi) is 4.36. The van der Waals surface area contributed by atoms with Gasteiger partial charge in [-0.25, -0.2) is 15.0 Å². The molecule has 3 aromatic rings. The number of hydrogen-bond donors (Lipinski definition) is 0. The minimum Gasteiger partial charge on any atom is -0.337 e. The normalized spacial score (nSPS) is 14.9. The number of piperazine rings is 1. The van der Waals surface area contributed by atoms with E-state index in [2.05, 4.69) is 35.8 Å². The van der Waals surface area contributed by atoms with Crippen LogP contribution in [0.5, 0.6) is 0 Å². The van der Waals surface area contributed by atoms with Gasteiger partial charge >= 0.3 is 0 Å². The van der Waals surface area contributed by atoms with Crippen LogP contribution >= 0.6 is 15.9 Å². The van der Waals surface area contributed by atoms with Crippen molar-refractivity contribution in [1.29, 1.82) is 0 Å². The summed E-state index contributed by atoms with van der Waals surface area (Å²) in [5.74, 6) is 0.728.